The van der Waals surface area contributed by atoms with Gasteiger partial charge in [0.1, 0.15) is 16.4 Å². The van der Waals surface area contributed by atoms with Crippen LogP contribution in [0.4, 0.5) is 5.82 Å². The van der Waals surface area contributed by atoms with Crippen molar-refractivity contribution in [1.29, 1.82) is 0 Å². The van der Waals surface area contributed by atoms with Crippen LogP contribution in [0.2, 0.25) is 5.02 Å². The number of amidine groups is 1. The number of amides is 1. The molecule has 1 fully saturated rings. The van der Waals surface area contributed by atoms with Gasteiger partial charge < -0.3 is 11.1 Å². The van der Waals surface area contributed by atoms with Crippen molar-refractivity contribution in [3.05, 3.63) is 44.7 Å². The van der Waals surface area contributed by atoms with Gasteiger partial charge in [-0.15, -0.1) is 11.3 Å². The van der Waals surface area contributed by atoms with E-state index >= 15 is 0 Å². The number of carbonyl (C=O) groups excluding carboxylic acids is 1. The molecule has 4 rings (SSSR count). The van der Waals surface area contributed by atoms with Crippen LogP contribution in [0.1, 0.15) is 79.2 Å². The van der Waals surface area contributed by atoms with Crippen LogP contribution < -0.4 is 11.1 Å². The third kappa shape index (κ3) is 5.07. The van der Waals surface area contributed by atoms with Crippen LogP contribution >= 0.6 is 22.9 Å². The third-order valence-corrected chi connectivity index (χ3v) is 9.59. The zero-order valence-electron chi connectivity index (χ0n) is 18.8. The van der Waals surface area contributed by atoms with Crippen LogP contribution in [0.25, 0.3) is 0 Å². The number of hydrogen-bond donors (Lipinski definition) is 2. The minimum Gasteiger partial charge on any atom is -0.386 e. The summed E-state index contributed by atoms with van der Waals surface area (Å²) in [6.07, 6.45) is 5.67. The number of aromatic nitrogens is 1. The Hall–Kier alpha value is -1.77. The van der Waals surface area contributed by atoms with Gasteiger partial charge in [0.15, 0.2) is 0 Å². The molecule has 174 valence electrons. The third-order valence-electron chi connectivity index (χ3n) is 5.82. The van der Waals surface area contributed by atoms with Crippen molar-refractivity contribution in [1.82, 2.24) is 4.98 Å². The molecule has 2 atom stereocenters. The highest BCUT2D eigenvalue weighted by molar-refractivity contribution is 7.87. The maximum Gasteiger partial charge on any atom is 0.266 e. The molecule has 1 saturated carbocycles. The molecule has 3 N–H and O–H groups in total. The van der Waals surface area contributed by atoms with E-state index in [9.17, 15) is 9.00 Å². The van der Waals surface area contributed by atoms with Crippen LogP contribution in [0.3, 0.4) is 0 Å². The number of aliphatic imine (C=N–C) groups is 1. The highest BCUT2D eigenvalue weighted by atomic mass is 35.5. The van der Waals surface area contributed by atoms with Crippen LogP contribution in [0.5, 0.6) is 0 Å². The molecule has 6 nitrogen and oxygen atoms in total. The van der Waals surface area contributed by atoms with E-state index in [1.165, 1.54) is 11.3 Å². The van der Waals surface area contributed by atoms with E-state index in [0.717, 1.165) is 49.1 Å². The first-order chi connectivity index (χ1) is 15.4. The van der Waals surface area contributed by atoms with Gasteiger partial charge in [-0.05, 0) is 37.5 Å². The Balaban J connectivity index is 0.00000141. The minimum atomic E-state index is -1.11. The first kappa shape index (κ1) is 24.9. The Morgan fingerprint density at radius 3 is 2.69 bits per heavy atom. The Morgan fingerprint density at radius 1 is 1.31 bits per heavy atom. The molecule has 1 spiro atoms. The van der Waals surface area contributed by atoms with Crippen molar-refractivity contribution in [2.24, 2.45) is 10.7 Å². The molecular weight excluding hydrogens is 464 g/mol. The molecule has 32 heavy (non-hydrogen) atoms. The topological polar surface area (TPSA) is 97.4 Å². The maximum atomic E-state index is 13.1. The molecule has 0 aromatic carbocycles. The maximum absolute atomic E-state index is 13.1. The number of nitrogens with zero attached hydrogens (tertiary/aromatic N) is 2. The Labute approximate surface area is 201 Å². The number of nitrogens with one attached hydrogen (secondary N) is 1. The first-order valence-corrected chi connectivity index (χ1v) is 13.7. The molecule has 1 aliphatic carbocycles. The van der Waals surface area contributed by atoms with Crippen LogP contribution in [-0.4, -0.2) is 31.4 Å². The van der Waals surface area contributed by atoms with Crippen molar-refractivity contribution in [3.63, 3.8) is 0 Å². The van der Waals surface area contributed by atoms with Crippen molar-refractivity contribution in [2.75, 3.05) is 11.1 Å². The Kier molecular flexibility index (Phi) is 8.47. The molecule has 0 radical (unpaired) electrons. The summed E-state index contributed by atoms with van der Waals surface area (Å²) in [5.74, 6) is 1.10. The minimum absolute atomic E-state index is 0.272. The highest BCUT2D eigenvalue weighted by Crippen LogP contribution is 2.42. The zero-order valence-corrected chi connectivity index (χ0v) is 21.2. The van der Waals surface area contributed by atoms with E-state index in [2.05, 4.69) is 10.3 Å². The summed E-state index contributed by atoms with van der Waals surface area (Å²) in [6, 6.07) is 6.80. The highest BCUT2D eigenvalue weighted by Gasteiger charge is 2.46. The second-order valence-corrected chi connectivity index (χ2v) is 11.0. The number of halogens is 1. The standard InChI is InChI=1S/C21H25ClN4O2S2.C2H6/c1-2-13-7-6-8-17(24-13)26-19(27)16-11-14(22)18(29-16)15-12-30(28)21(20(23)25-15)9-4-3-5-10-21;1-2/h6-8,11,15H,2-5,9-10,12H2,1H3,(H2,23,25)(H,24,26,27);1-2H3/t15-,30?;/m0./s1. The predicted octanol–water partition coefficient (Wildman–Crippen LogP) is 5.50. The zero-order chi connectivity index (χ0) is 23.3. The average molecular weight is 495 g/mol. The first-order valence-electron chi connectivity index (χ1n) is 11.2. The second-order valence-electron chi connectivity index (χ2n) is 7.74. The molecule has 1 unspecified atom stereocenters. The van der Waals surface area contributed by atoms with Crippen molar-refractivity contribution in [3.8, 4) is 0 Å². The molecule has 2 aliphatic rings. The van der Waals surface area contributed by atoms with Crippen molar-refractivity contribution in [2.45, 2.75) is 70.1 Å². The number of hydrogen-bond acceptors (Lipinski definition) is 6. The molecule has 1 amide bonds. The van der Waals surface area contributed by atoms with Gasteiger partial charge in [-0.2, -0.15) is 0 Å². The quantitative estimate of drug-likeness (QED) is 0.586. The average Bonchev–Trinajstić information content (AvgIpc) is 3.21. The fourth-order valence-electron chi connectivity index (χ4n) is 4.13. The van der Waals surface area contributed by atoms with Gasteiger partial charge in [-0.3, -0.25) is 14.0 Å². The van der Waals surface area contributed by atoms with Gasteiger partial charge in [-0.1, -0.05) is 57.7 Å². The van der Waals surface area contributed by atoms with E-state index in [-0.39, 0.29) is 11.9 Å². The lowest BCUT2D eigenvalue weighted by Crippen LogP contribution is -2.53. The monoisotopic (exact) mass is 494 g/mol. The summed E-state index contributed by atoms with van der Waals surface area (Å²) in [5.41, 5.74) is 7.25. The predicted molar refractivity (Wildman–Crippen MR) is 135 cm³/mol. The SMILES string of the molecule is CC.CCc1cccc(NC(=O)c2cc(Cl)c([C@@H]3CS(=O)C4(CCCCC4)C(N)=N3)s2)n1. The lowest BCUT2D eigenvalue weighted by atomic mass is 9.87. The Morgan fingerprint density at radius 2 is 2.03 bits per heavy atom. The van der Waals surface area contributed by atoms with Gasteiger partial charge in [0.2, 0.25) is 0 Å². The fourth-order valence-corrected chi connectivity index (χ4v) is 7.51. The summed E-state index contributed by atoms with van der Waals surface area (Å²) in [7, 11) is -1.11. The second kappa shape index (κ2) is 10.9. The summed E-state index contributed by atoms with van der Waals surface area (Å²) in [4.78, 5) is 23.0. The molecule has 2 aromatic heterocycles. The van der Waals surface area contributed by atoms with E-state index in [4.69, 9.17) is 22.3 Å². The smallest absolute Gasteiger partial charge is 0.266 e. The number of rotatable bonds is 4. The number of anilines is 1. The summed E-state index contributed by atoms with van der Waals surface area (Å²) in [6.45, 7) is 6.01. The van der Waals surface area contributed by atoms with Gasteiger partial charge >= 0.3 is 0 Å². The fraction of sp³-hybridized carbons (Fsp3) is 0.522. The summed E-state index contributed by atoms with van der Waals surface area (Å²) < 4.78 is 12.7. The van der Waals surface area contributed by atoms with Crippen molar-refractivity contribution >= 4 is 51.3 Å². The number of nitrogens with two attached hydrogens (primary N) is 1. The Bertz CT molecular complexity index is 1020. The molecule has 3 heterocycles. The molecule has 0 saturated heterocycles. The molecule has 9 heteroatoms. The summed E-state index contributed by atoms with van der Waals surface area (Å²) in [5, 5.41) is 3.28. The van der Waals surface area contributed by atoms with Gasteiger partial charge in [0.25, 0.3) is 5.91 Å². The van der Waals surface area contributed by atoms with E-state index < -0.39 is 15.5 Å². The van der Waals surface area contributed by atoms with Crippen LogP contribution in [0, 0.1) is 0 Å². The lowest BCUT2D eigenvalue weighted by Gasteiger charge is -2.39. The number of carbonyl (C=O) groups is 1. The molecule has 2 aromatic rings. The summed E-state index contributed by atoms with van der Waals surface area (Å²) >= 11 is 7.73. The van der Waals surface area contributed by atoms with E-state index in [1.807, 2.05) is 32.9 Å². The number of thiophene rings is 1. The molecule has 0 bridgehead atoms. The lowest BCUT2D eigenvalue weighted by molar-refractivity contribution is 0.103. The number of pyridine rings is 1. The molecular formula is C23H31ClN4O2S2. The number of aryl methyl sites for hydroxylation is 1. The van der Waals surface area contributed by atoms with Crippen LogP contribution in [0.15, 0.2) is 29.3 Å². The molecule has 1 aliphatic heterocycles. The van der Waals surface area contributed by atoms with Gasteiger partial charge in [0.05, 0.1) is 21.7 Å². The van der Waals surface area contributed by atoms with Crippen molar-refractivity contribution < 1.29 is 9.00 Å². The van der Waals surface area contributed by atoms with Crippen LogP contribution in [-0.2, 0) is 17.2 Å². The normalized spacial score (nSPS) is 21.9. The van der Waals surface area contributed by atoms with E-state index in [0.29, 0.717) is 27.3 Å². The van der Waals surface area contributed by atoms with Gasteiger partial charge in [-0.25, -0.2) is 4.98 Å². The van der Waals surface area contributed by atoms with Gasteiger partial charge in [0, 0.05) is 21.4 Å². The van der Waals surface area contributed by atoms with E-state index in [1.54, 1.807) is 12.1 Å². The largest absolute Gasteiger partial charge is 0.386 e.